The lowest BCUT2D eigenvalue weighted by molar-refractivity contribution is 0.216. The van der Waals surface area contributed by atoms with Gasteiger partial charge in [-0.1, -0.05) is 18.5 Å². The van der Waals surface area contributed by atoms with Crippen LogP contribution in [0.1, 0.15) is 13.3 Å². The molecule has 1 unspecified atom stereocenters. The highest BCUT2D eigenvalue weighted by atomic mass is 35.5. The number of pyridine rings is 1. The number of hydrogen-bond acceptors (Lipinski definition) is 4. The van der Waals surface area contributed by atoms with Crippen LogP contribution < -0.4 is 4.90 Å². The molecule has 2 heterocycles. The van der Waals surface area contributed by atoms with Gasteiger partial charge in [0.2, 0.25) is 0 Å². The van der Waals surface area contributed by atoms with Gasteiger partial charge in [-0.25, -0.2) is 4.98 Å². The zero-order valence-corrected chi connectivity index (χ0v) is 11.3. The van der Waals surface area contributed by atoms with E-state index in [0.29, 0.717) is 5.02 Å². The molecule has 0 spiro atoms. The number of anilines is 1. The summed E-state index contributed by atoms with van der Waals surface area (Å²) in [7, 11) is 0. The molecule has 0 saturated carbocycles. The molecule has 0 aliphatic carbocycles. The molecule has 96 valence electrons. The van der Waals surface area contributed by atoms with E-state index >= 15 is 0 Å². The van der Waals surface area contributed by atoms with Crippen LogP contribution in [0.4, 0.5) is 5.82 Å². The maximum atomic E-state index is 9.07. The molecule has 1 aliphatic rings. The number of nitriles is 1. The lowest BCUT2D eigenvalue weighted by atomic mass is 10.2. The minimum atomic E-state index is 0.0337. The van der Waals surface area contributed by atoms with Crippen molar-refractivity contribution in [2.75, 3.05) is 31.1 Å². The smallest absolute Gasteiger partial charge is 0.147 e. The van der Waals surface area contributed by atoms with E-state index in [0.717, 1.165) is 38.4 Å². The number of piperazine rings is 1. The van der Waals surface area contributed by atoms with Gasteiger partial charge in [0, 0.05) is 32.4 Å². The third-order valence-corrected chi connectivity index (χ3v) is 3.62. The fourth-order valence-electron chi connectivity index (χ4n) is 2.29. The molecule has 4 nitrogen and oxygen atoms in total. The van der Waals surface area contributed by atoms with Crippen LogP contribution in [0.15, 0.2) is 18.3 Å². The molecular weight excluding hydrogens is 248 g/mol. The second kappa shape index (κ2) is 6.03. The second-order valence-corrected chi connectivity index (χ2v) is 4.79. The van der Waals surface area contributed by atoms with E-state index < -0.39 is 0 Å². The van der Waals surface area contributed by atoms with E-state index in [-0.39, 0.29) is 6.04 Å². The Kier molecular flexibility index (Phi) is 4.40. The van der Waals surface area contributed by atoms with Crippen LogP contribution in [0.25, 0.3) is 0 Å². The molecule has 0 N–H and O–H groups in total. The Hall–Kier alpha value is -1.31. The predicted octanol–water partition coefficient (Wildman–Crippen LogP) is 2.16. The Bertz CT molecular complexity index is 435. The first-order chi connectivity index (χ1) is 8.76. The molecule has 5 heteroatoms. The van der Waals surface area contributed by atoms with Crippen molar-refractivity contribution in [2.45, 2.75) is 19.4 Å². The van der Waals surface area contributed by atoms with Crippen LogP contribution in [0.2, 0.25) is 5.02 Å². The first-order valence-electron chi connectivity index (χ1n) is 6.25. The summed E-state index contributed by atoms with van der Waals surface area (Å²) in [6.07, 6.45) is 2.64. The highest BCUT2D eigenvalue weighted by Crippen LogP contribution is 2.23. The summed E-state index contributed by atoms with van der Waals surface area (Å²) in [6.45, 7) is 5.57. The predicted molar refractivity (Wildman–Crippen MR) is 72.7 cm³/mol. The second-order valence-electron chi connectivity index (χ2n) is 4.38. The maximum absolute atomic E-state index is 9.07. The van der Waals surface area contributed by atoms with E-state index in [4.69, 9.17) is 16.9 Å². The van der Waals surface area contributed by atoms with Crippen LogP contribution in [0, 0.1) is 11.3 Å². The molecule has 0 bridgehead atoms. The van der Waals surface area contributed by atoms with E-state index in [1.54, 1.807) is 6.20 Å². The van der Waals surface area contributed by atoms with Crippen LogP contribution >= 0.6 is 11.6 Å². The van der Waals surface area contributed by atoms with Crippen molar-refractivity contribution in [3.63, 3.8) is 0 Å². The molecule has 2 rings (SSSR count). The van der Waals surface area contributed by atoms with Crippen molar-refractivity contribution in [3.05, 3.63) is 23.4 Å². The van der Waals surface area contributed by atoms with Crippen molar-refractivity contribution in [1.29, 1.82) is 5.26 Å². The Morgan fingerprint density at radius 1 is 1.44 bits per heavy atom. The molecule has 1 fully saturated rings. The van der Waals surface area contributed by atoms with Gasteiger partial charge in [0.05, 0.1) is 17.1 Å². The SMILES string of the molecule is CCC(C#N)N1CCN(c2ncccc2Cl)CC1. The average molecular weight is 265 g/mol. The van der Waals surface area contributed by atoms with E-state index in [9.17, 15) is 0 Å². The molecule has 1 aliphatic heterocycles. The van der Waals surface area contributed by atoms with Gasteiger partial charge in [-0.3, -0.25) is 4.90 Å². The summed E-state index contributed by atoms with van der Waals surface area (Å²) in [5.41, 5.74) is 0. The Morgan fingerprint density at radius 3 is 2.72 bits per heavy atom. The highest BCUT2D eigenvalue weighted by molar-refractivity contribution is 6.32. The Morgan fingerprint density at radius 2 is 2.17 bits per heavy atom. The summed E-state index contributed by atoms with van der Waals surface area (Å²) >= 11 is 6.14. The van der Waals surface area contributed by atoms with Crippen LogP contribution in [-0.2, 0) is 0 Å². The summed E-state index contributed by atoms with van der Waals surface area (Å²) in [5, 5.41) is 9.76. The molecule has 1 aromatic rings. The zero-order chi connectivity index (χ0) is 13.0. The van der Waals surface area contributed by atoms with Gasteiger partial charge < -0.3 is 4.90 Å². The van der Waals surface area contributed by atoms with Gasteiger partial charge in [-0.2, -0.15) is 5.26 Å². The fraction of sp³-hybridized carbons (Fsp3) is 0.538. The monoisotopic (exact) mass is 264 g/mol. The standard InChI is InChI=1S/C13H17ClN4/c1-2-11(10-15)17-6-8-18(9-7-17)13-12(14)4-3-5-16-13/h3-5,11H,2,6-9H2,1H3. The maximum Gasteiger partial charge on any atom is 0.147 e. The fourth-order valence-corrected chi connectivity index (χ4v) is 2.53. The van der Waals surface area contributed by atoms with Crippen molar-refractivity contribution in [1.82, 2.24) is 9.88 Å². The first-order valence-corrected chi connectivity index (χ1v) is 6.63. The molecule has 18 heavy (non-hydrogen) atoms. The van der Waals surface area contributed by atoms with E-state index in [1.165, 1.54) is 0 Å². The van der Waals surface area contributed by atoms with Crippen LogP contribution in [-0.4, -0.2) is 42.1 Å². The summed E-state index contributed by atoms with van der Waals surface area (Å²) in [6, 6.07) is 6.09. The topological polar surface area (TPSA) is 43.2 Å². The number of halogens is 1. The molecule has 0 radical (unpaired) electrons. The van der Waals surface area contributed by atoms with Crippen molar-refractivity contribution in [3.8, 4) is 6.07 Å². The molecular formula is C13H17ClN4. The quantitative estimate of drug-likeness (QED) is 0.839. The number of rotatable bonds is 3. The van der Waals surface area contributed by atoms with E-state index in [1.807, 2.05) is 12.1 Å². The largest absolute Gasteiger partial charge is 0.353 e. The lowest BCUT2D eigenvalue weighted by Crippen LogP contribution is -2.50. The number of hydrogen-bond donors (Lipinski definition) is 0. The number of nitrogens with zero attached hydrogens (tertiary/aromatic N) is 4. The molecule has 1 aromatic heterocycles. The highest BCUT2D eigenvalue weighted by Gasteiger charge is 2.23. The summed E-state index contributed by atoms with van der Waals surface area (Å²) in [5.74, 6) is 0.851. The van der Waals surface area contributed by atoms with Gasteiger partial charge in [-0.15, -0.1) is 0 Å². The van der Waals surface area contributed by atoms with Crippen molar-refractivity contribution < 1.29 is 0 Å². The van der Waals surface area contributed by atoms with Gasteiger partial charge >= 0.3 is 0 Å². The first kappa shape index (κ1) is 13.1. The molecule has 1 saturated heterocycles. The van der Waals surface area contributed by atoms with Crippen LogP contribution in [0.3, 0.4) is 0 Å². The Labute approximate surface area is 113 Å². The molecule has 0 amide bonds. The summed E-state index contributed by atoms with van der Waals surface area (Å²) < 4.78 is 0. The minimum Gasteiger partial charge on any atom is -0.353 e. The third kappa shape index (κ3) is 2.74. The van der Waals surface area contributed by atoms with Crippen molar-refractivity contribution >= 4 is 17.4 Å². The van der Waals surface area contributed by atoms with E-state index in [2.05, 4.69) is 27.8 Å². The van der Waals surface area contributed by atoms with Gasteiger partial charge in [0.15, 0.2) is 0 Å². The Balaban J connectivity index is 1.99. The lowest BCUT2D eigenvalue weighted by Gasteiger charge is -2.37. The van der Waals surface area contributed by atoms with Gasteiger partial charge in [0.25, 0.3) is 0 Å². The minimum absolute atomic E-state index is 0.0337. The molecule has 1 atom stereocenters. The van der Waals surface area contributed by atoms with Gasteiger partial charge in [0.1, 0.15) is 5.82 Å². The van der Waals surface area contributed by atoms with Crippen molar-refractivity contribution in [2.24, 2.45) is 0 Å². The van der Waals surface area contributed by atoms with Gasteiger partial charge in [-0.05, 0) is 18.6 Å². The number of aromatic nitrogens is 1. The third-order valence-electron chi connectivity index (χ3n) is 3.33. The summed E-state index contributed by atoms with van der Waals surface area (Å²) in [4.78, 5) is 8.74. The molecule has 0 aromatic carbocycles. The average Bonchev–Trinajstić information content (AvgIpc) is 2.42. The normalized spacial score (nSPS) is 18.4. The zero-order valence-electron chi connectivity index (χ0n) is 10.5. The van der Waals surface area contributed by atoms with Crippen LogP contribution in [0.5, 0.6) is 0 Å².